The molecule has 0 radical (unpaired) electrons. The van der Waals surface area contributed by atoms with Crippen LogP contribution in [0.25, 0.3) is 0 Å². The van der Waals surface area contributed by atoms with Crippen molar-refractivity contribution in [3.63, 3.8) is 0 Å². The van der Waals surface area contributed by atoms with Gasteiger partial charge in [-0.2, -0.15) is 0 Å². The lowest BCUT2D eigenvalue weighted by molar-refractivity contribution is -0.132. The van der Waals surface area contributed by atoms with Crippen molar-refractivity contribution < 1.29 is 9.53 Å². The maximum absolute atomic E-state index is 12.0. The number of hydrogen-bond acceptors (Lipinski definition) is 4. The van der Waals surface area contributed by atoms with Crippen molar-refractivity contribution >= 4 is 11.6 Å². The van der Waals surface area contributed by atoms with Crippen LogP contribution in [0.1, 0.15) is 5.69 Å². The SMILES string of the molecule is CN(CCc1ccccn1)C(=O)COc1cccc(N)c1. The number of benzene rings is 1. The molecule has 0 aliphatic carbocycles. The quantitative estimate of drug-likeness (QED) is 0.821. The maximum atomic E-state index is 12.0. The summed E-state index contributed by atoms with van der Waals surface area (Å²) in [5.41, 5.74) is 7.24. The van der Waals surface area contributed by atoms with E-state index in [-0.39, 0.29) is 12.5 Å². The standard InChI is InChI=1S/C16H19N3O2/c1-19(10-8-14-6-2-3-9-18-14)16(20)12-21-15-7-4-5-13(17)11-15/h2-7,9,11H,8,10,12,17H2,1H3. The highest BCUT2D eigenvalue weighted by molar-refractivity contribution is 5.77. The van der Waals surface area contributed by atoms with Gasteiger partial charge < -0.3 is 15.4 Å². The van der Waals surface area contributed by atoms with Crippen LogP contribution in [0.3, 0.4) is 0 Å². The molecule has 21 heavy (non-hydrogen) atoms. The van der Waals surface area contributed by atoms with Crippen LogP contribution in [0, 0.1) is 0 Å². The van der Waals surface area contributed by atoms with Gasteiger partial charge in [0, 0.05) is 43.7 Å². The molecule has 2 rings (SSSR count). The zero-order chi connectivity index (χ0) is 15.1. The highest BCUT2D eigenvalue weighted by Gasteiger charge is 2.10. The van der Waals surface area contributed by atoms with E-state index in [4.69, 9.17) is 10.5 Å². The normalized spacial score (nSPS) is 10.1. The number of amides is 1. The van der Waals surface area contributed by atoms with Crippen LogP contribution in [-0.4, -0.2) is 36.0 Å². The van der Waals surface area contributed by atoms with Gasteiger partial charge >= 0.3 is 0 Å². The van der Waals surface area contributed by atoms with Gasteiger partial charge in [-0.25, -0.2) is 0 Å². The second kappa shape index (κ2) is 7.28. The fourth-order valence-electron chi connectivity index (χ4n) is 1.81. The molecule has 5 nitrogen and oxygen atoms in total. The molecule has 1 amide bonds. The van der Waals surface area contributed by atoms with E-state index >= 15 is 0 Å². The molecule has 110 valence electrons. The Labute approximate surface area is 124 Å². The second-order valence-electron chi connectivity index (χ2n) is 4.75. The van der Waals surface area contributed by atoms with Crippen molar-refractivity contribution in [1.29, 1.82) is 0 Å². The molecule has 0 aliphatic heterocycles. The Balaban J connectivity index is 1.77. The Morgan fingerprint density at radius 1 is 1.29 bits per heavy atom. The number of nitrogen functional groups attached to an aromatic ring is 1. The summed E-state index contributed by atoms with van der Waals surface area (Å²) in [5.74, 6) is 0.523. The van der Waals surface area contributed by atoms with Crippen molar-refractivity contribution in [1.82, 2.24) is 9.88 Å². The fourth-order valence-corrected chi connectivity index (χ4v) is 1.81. The Bertz CT molecular complexity index is 587. The van der Waals surface area contributed by atoms with Gasteiger partial charge in [-0.15, -0.1) is 0 Å². The summed E-state index contributed by atoms with van der Waals surface area (Å²) in [5, 5.41) is 0. The van der Waals surface area contributed by atoms with Gasteiger partial charge in [0.05, 0.1) is 0 Å². The number of carbonyl (C=O) groups is 1. The van der Waals surface area contributed by atoms with Crippen LogP contribution >= 0.6 is 0 Å². The lowest BCUT2D eigenvalue weighted by Crippen LogP contribution is -2.33. The highest BCUT2D eigenvalue weighted by atomic mass is 16.5. The third kappa shape index (κ3) is 4.80. The van der Waals surface area contributed by atoms with Crippen molar-refractivity contribution in [3.05, 3.63) is 54.4 Å². The third-order valence-corrected chi connectivity index (χ3v) is 3.08. The first-order valence-electron chi connectivity index (χ1n) is 6.77. The van der Waals surface area contributed by atoms with Crippen molar-refractivity contribution in [2.45, 2.75) is 6.42 Å². The predicted molar refractivity (Wildman–Crippen MR) is 81.9 cm³/mol. The van der Waals surface area contributed by atoms with E-state index in [9.17, 15) is 4.79 Å². The molecule has 0 bridgehead atoms. The van der Waals surface area contributed by atoms with Crippen molar-refractivity contribution in [2.24, 2.45) is 0 Å². The number of hydrogen-bond donors (Lipinski definition) is 1. The number of nitrogens with zero attached hydrogens (tertiary/aromatic N) is 2. The molecule has 0 fully saturated rings. The lowest BCUT2D eigenvalue weighted by atomic mass is 10.2. The van der Waals surface area contributed by atoms with E-state index in [0.717, 1.165) is 12.1 Å². The van der Waals surface area contributed by atoms with E-state index in [0.29, 0.717) is 18.0 Å². The maximum Gasteiger partial charge on any atom is 0.260 e. The number of carbonyl (C=O) groups excluding carboxylic acids is 1. The molecule has 5 heteroatoms. The molecule has 0 unspecified atom stereocenters. The summed E-state index contributed by atoms with van der Waals surface area (Å²) in [6.07, 6.45) is 2.47. The first kappa shape index (κ1) is 14.8. The zero-order valence-electron chi connectivity index (χ0n) is 12.0. The molecule has 0 aliphatic rings. The summed E-state index contributed by atoms with van der Waals surface area (Å²) in [7, 11) is 1.76. The number of likely N-dealkylation sites (N-methyl/N-ethyl adjacent to an activating group) is 1. The van der Waals surface area contributed by atoms with Gasteiger partial charge in [0.2, 0.25) is 0 Å². The van der Waals surface area contributed by atoms with E-state index in [1.54, 1.807) is 42.4 Å². The third-order valence-electron chi connectivity index (χ3n) is 3.08. The van der Waals surface area contributed by atoms with Crippen LogP contribution in [0.15, 0.2) is 48.7 Å². The van der Waals surface area contributed by atoms with Gasteiger partial charge in [0.1, 0.15) is 5.75 Å². The molecular formula is C16H19N3O2. The minimum absolute atomic E-state index is 0.00215. The van der Waals surface area contributed by atoms with E-state index < -0.39 is 0 Å². The van der Waals surface area contributed by atoms with E-state index in [1.165, 1.54) is 0 Å². The number of nitrogens with two attached hydrogens (primary N) is 1. The average molecular weight is 285 g/mol. The van der Waals surface area contributed by atoms with E-state index in [2.05, 4.69) is 4.98 Å². The predicted octanol–water partition coefficient (Wildman–Crippen LogP) is 1.74. The number of ether oxygens (including phenoxy) is 1. The van der Waals surface area contributed by atoms with Crippen LogP contribution in [0.5, 0.6) is 5.75 Å². The molecular weight excluding hydrogens is 266 g/mol. The number of pyridine rings is 1. The number of anilines is 1. The topological polar surface area (TPSA) is 68.5 Å². The lowest BCUT2D eigenvalue weighted by Gasteiger charge is -2.17. The largest absolute Gasteiger partial charge is 0.484 e. The van der Waals surface area contributed by atoms with Crippen LogP contribution in [-0.2, 0) is 11.2 Å². The molecule has 1 aromatic heterocycles. The first-order valence-corrected chi connectivity index (χ1v) is 6.77. The summed E-state index contributed by atoms with van der Waals surface area (Å²) < 4.78 is 5.43. The minimum atomic E-state index is -0.0756. The summed E-state index contributed by atoms with van der Waals surface area (Å²) >= 11 is 0. The van der Waals surface area contributed by atoms with E-state index in [1.807, 2.05) is 18.2 Å². The second-order valence-corrected chi connectivity index (χ2v) is 4.75. The molecule has 0 saturated heterocycles. The summed E-state index contributed by atoms with van der Waals surface area (Å²) in [6, 6.07) is 12.8. The molecule has 1 heterocycles. The summed E-state index contributed by atoms with van der Waals surface area (Å²) in [6.45, 7) is 0.609. The Morgan fingerprint density at radius 2 is 2.14 bits per heavy atom. The van der Waals surface area contributed by atoms with Gasteiger partial charge in [0.15, 0.2) is 6.61 Å². The van der Waals surface area contributed by atoms with Crippen LogP contribution < -0.4 is 10.5 Å². The molecule has 0 saturated carbocycles. The van der Waals surface area contributed by atoms with Crippen molar-refractivity contribution in [3.8, 4) is 5.75 Å². The minimum Gasteiger partial charge on any atom is -0.484 e. The van der Waals surface area contributed by atoms with Gasteiger partial charge in [0.25, 0.3) is 5.91 Å². The molecule has 1 aromatic carbocycles. The van der Waals surface area contributed by atoms with Crippen LogP contribution in [0.2, 0.25) is 0 Å². The Kier molecular flexibility index (Phi) is 5.15. The number of aromatic nitrogens is 1. The monoisotopic (exact) mass is 285 g/mol. The zero-order valence-corrected chi connectivity index (χ0v) is 12.0. The highest BCUT2D eigenvalue weighted by Crippen LogP contribution is 2.14. The average Bonchev–Trinajstić information content (AvgIpc) is 2.51. The Hall–Kier alpha value is -2.56. The van der Waals surface area contributed by atoms with Gasteiger partial charge in [-0.3, -0.25) is 9.78 Å². The first-order chi connectivity index (χ1) is 10.1. The van der Waals surface area contributed by atoms with Crippen LogP contribution in [0.4, 0.5) is 5.69 Å². The Morgan fingerprint density at radius 3 is 2.86 bits per heavy atom. The fraction of sp³-hybridized carbons (Fsp3) is 0.250. The molecule has 0 atom stereocenters. The van der Waals surface area contributed by atoms with Gasteiger partial charge in [-0.1, -0.05) is 12.1 Å². The molecule has 2 aromatic rings. The molecule has 2 N–H and O–H groups in total. The number of rotatable bonds is 6. The van der Waals surface area contributed by atoms with Gasteiger partial charge in [-0.05, 0) is 24.3 Å². The summed E-state index contributed by atoms with van der Waals surface area (Å²) in [4.78, 5) is 17.8. The van der Waals surface area contributed by atoms with Crippen molar-refractivity contribution in [2.75, 3.05) is 25.9 Å². The molecule has 0 spiro atoms. The smallest absolute Gasteiger partial charge is 0.260 e.